The molecule has 164 valence electrons. The van der Waals surface area contributed by atoms with E-state index in [1.165, 1.54) is 0 Å². The van der Waals surface area contributed by atoms with E-state index in [1.54, 1.807) is 11.1 Å². The van der Waals surface area contributed by atoms with Gasteiger partial charge in [0, 0.05) is 49.1 Å². The summed E-state index contributed by atoms with van der Waals surface area (Å²) in [6, 6.07) is 18.7. The normalized spacial score (nSPS) is 12.8. The van der Waals surface area contributed by atoms with Crippen LogP contribution in [0.25, 0.3) is 11.1 Å². The first kappa shape index (κ1) is 21.5. The van der Waals surface area contributed by atoms with Crippen molar-refractivity contribution in [2.24, 2.45) is 0 Å². The van der Waals surface area contributed by atoms with Gasteiger partial charge in [-0.3, -0.25) is 9.59 Å². The van der Waals surface area contributed by atoms with E-state index in [9.17, 15) is 9.59 Å². The van der Waals surface area contributed by atoms with Gasteiger partial charge in [0.1, 0.15) is 5.82 Å². The molecule has 4 rings (SSSR count). The molecule has 0 saturated heterocycles. The Bertz CT molecular complexity index is 1100. The summed E-state index contributed by atoms with van der Waals surface area (Å²) in [4.78, 5) is 33.7. The number of nitrogens with one attached hydrogen (secondary N) is 2. The van der Waals surface area contributed by atoms with Crippen molar-refractivity contribution in [1.29, 1.82) is 0 Å². The average molecular weight is 430 g/mol. The number of fused-ring (bicyclic) bond motifs is 1. The van der Waals surface area contributed by atoms with Gasteiger partial charge in [0.15, 0.2) is 0 Å². The number of benzene rings is 2. The maximum atomic E-state index is 13.1. The summed E-state index contributed by atoms with van der Waals surface area (Å²) < 4.78 is 0. The number of amides is 2. The van der Waals surface area contributed by atoms with Crippen molar-refractivity contribution in [3.63, 3.8) is 0 Å². The van der Waals surface area contributed by atoms with Gasteiger partial charge in [0.2, 0.25) is 0 Å². The van der Waals surface area contributed by atoms with Crippen LogP contribution in [0.3, 0.4) is 0 Å². The Balaban J connectivity index is 1.54. The Kier molecular flexibility index (Phi) is 6.47. The van der Waals surface area contributed by atoms with E-state index >= 15 is 0 Å². The van der Waals surface area contributed by atoms with E-state index in [-0.39, 0.29) is 11.8 Å². The average Bonchev–Trinajstić information content (AvgIpc) is 2.83. The molecule has 3 aromatic rings. The zero-order chi connectivity index (χ0) is 22.5. The lowest BCUT2D eigenvalue weighted by Crippen LogP contribution is -2.39. The highest BCUT2D eigenvalue weighted by Gasteiger charge is 2.25. The molecular weight excluding hydrogens is 402 g/mol. The first-order valence-corrected chi connectivity index (χ1v) is 10.7. The molecule has 0 fully saturated rings. The third kappa shape index (κ3) is 4.78. The van der Waals surface area contributed by atoms with Gasteiger partial charge in [-0.2, -0.15) is 0 Å². The van der Waals surface area contributed by atoms with Crippen LogP contribution in [0, 0.1) is 0 Å². The lowest BCUT2D eigenvalue weighted by atomic mass is 10.0. The van der Waals surface area contributed by atoms with Gasteiger partial charge in [-0.05, 0) is 50.0 Å². The minimum Gasteiger partial charge on any atom is -0.367 e. The Morgan fingerprint density at radius 2 is 1.78 bits per heavy atom. The smallest absolute Gasteiger partial charge is 0.258 e. The van der Waals surface area contributed by atoms with Crippen LogP contribution in [0.5, 0.6) is 0 Å². The molecule has 7 nitrogen and oxygen atoms in total. The quantitative estimate of drug-likeness (QED) is 0.630. The third-order valence-electron chi connectivity index (χ3n) is 5.38. The van der Waals surface area contributed by atoms with Crippen molar-refractivity contribution in [1.82, 2.24) is 15.2 Å². The number of pyridine rings is 1. The number of carbonyl (C=O) groups excluding carboxylic acids is 2. The Morgan fingerprint density at radius 1 is 1.03 bits per heavy atom. The van der Waals surface area contributed by atoms with Crippen LogP contribution in [0.15, 0.2) is 66.9 Å². The van der Waals surface area contributed by atoms with E-state index < -0.39 is 0 Å². The van der Waals surface area contributed by atoms with Crippen LogP contribution in [-0.4, -0.2) is 62.0 Å². The Morgan fingerprint density at radius 3 is 2.50 bits per heavy atom. The summed E-state index contributed by atoms with van der Waals surface area (Å²) in [6.45, 7) is 2.60. The van der Waals surface area contributed by atoms with Crippen molar-refractivity contribution < 1.29 is 9.59 Å². The lowest BCUT2D eigenvalue weighted by molar-refractivity contribution is 0.0949. The maximum Gasteiger partial charge on any atom is 0.258 e. The van der Waals surface area contributed by atoms with Gasteiger partial charge in [0.25, 0.3) is 11.8 Å². The van der Waals surface area contributed by atoms with Crippen molar-refractivity contribution >= 4 is 23.3 Å². The summed E-state index contributed by atoms with van der Waals surface area (Å²) in [5.41, 5.74) is 3.84. The zero-order valence-electron chi connectivity index (χ0n) is 18.3. The highest BCUT2D eigenvalue weighted by Crippen LogP contribution is 2.32. The number of hydrogen-bond donors (Lipinski definition) is 2. The fraction of sp³-hybridized carbons (Fsp3) is 0.240. The van der Waals surface area contributed by atoms with E-state index in [0.717, 1.165) is 23.4 Å². The second-order valence-electron chi connectivity index (χ2n) is 7.98. The van der Waals surface area contributed by atoms with Gasteiger partial charge in [0.05, 0.1) is 5.69 Å². The van der Waals surface area contributed by atoms with Crippen molar-refractivity contribution in [2.75, 3.05) is 50.5 Å². The molecule has 7 heteroatoms. The molecule has 2 heterocycles. The molecule has 1 aliphatic rings. The molecule has 0 saturated carbocycles. The number of carbonyl (C=O) groups is 2. The third-order valence-corrected chi connectivity index (χ3v) is 5.38. The summed E-state index contributed by atoms with van der Waals surface area (Å²) in [5, 5.41) is 6.19. The van der Waals surface area contributed by atoms with E-state index in [2.05, 4.69) is 15.6 Å². The summed E-state index contributed by atoms with van der Waals surface area (Å²) in [7, 11) is 3.94. The van der Waals surface area contributed by atoms with Crippen LogP contribution in [0.1, 0.15) is 20.7 Å². The number of nitrogens with zero attached hydrogens (tertiary/aromatic N) is 3. The fourth-order valence-electron chi connectivity index (χ4n) is 3.62. The van der Waals surface area contributed by atoms with Gasteiger partial charge < -0.3 is 20.4 Å². The Labute approximate surface area is 188 Å². The van der Waals surface area contributed by atoms with Crippen molar-refractivity contribution in [3.05, 3.63) is 78.0 Å². The topological polar surface area (TPSA) is 77.6 Å². The van der Waals surface area contributed by atoms with Gasteiger partial charge in [-0.15, -0.1) is 0 Å². The zero-order valence-corrected chi connectivity index (χ0v) is 18.3. The molecule has 32 heavy (non-hydrogen) atoms. The standard InChI is InChI=1S/C25H27N5O2/c1-29(2)14-12-27-24(31)19-10-8-18(9-11-19)21-16-22-23(28-17-21)26-13-15-30(22)25(32)20-6-4-3-5-7-20/h3-11,16-17H,12-15H2,1-2H3,(H,26,28)(H,27,31). The number of likely N-dealkylation sites (N-methyl/N-ethyl adjacent to an activating group) is 1. The molecule has 1 aliphatic heterocycles. The molecule has 2 amide bonds. The fourth-order valence-corrected chi connectivity index (χ4v) is 3.62. The first-order chi connectivity index (χ1) is 15.5. The highest BCUT2D eigenvalue weighted by atomic mass is 16.2. The molecule has 0 aliphatic carbocycles. The lowest BCUT2D eigenvalue weighted by Gasteiger charge is -2.30. The summed E-state index contributed by atoms with van der Waals surface area (Å²) >= 11 is 0. The van der Waals surface area contributed by atoms with Gasteiger partial charge in [-0.25, -0.2) is 4.98 Å². The SMILES string of the molecule is CN(C)CCNC(=O)c1ccc(-c2cnc3c(c2)N(C(=O)c2ccccc2)CCN3)cc1. The second kappa shape index (κ2) is 9.62. The van der Waals surface area contributed by atoms with E-state index in [0.29, 0.717) is 36.6 Å². The maximum absolute atomic E-state index is 13.1. The molecular formula is C25H27N5O2. The van der Waals surface area contributed by atoms with Crippen molar-refractivity contribution in [3.8, 4) is 11.1 Å². The number of rotatable bonds is 6. The van der Waals surface area contributed by atoms with Crippen LogP contribution in [-0.2, 0) is 0 Å². The number of aromatic nitrogens is 1. The van der Waals surface area contributed by atoms with Crippen LogP contribution in [0.4, 0.5) is 11.5 Å². The highest BCUT2D eigenvalue weighted by molar-refractivity contribution is 6.08. The molecule has 0 unspecified atom stereocenters. The minimum atomic E-state index is -0.0919. The molecule has 2 N–H and O–H groups in total. The van der Waals surface area contributed by atoms with Gasteiger partial charge >= 0.3 is 0 Å². The molecule has 0 bridgehead atoms. The number of hydrogen-bond acceptors (Lipinski definition) is 5. The predicted octanol–water partition coefficient (Wildman–Crippen LogP) is 3.11. The minimum absolute atomic E-state index is 0.0444. The van der Waals surface area contributed by atoms with Crippen LogP contribution >= 0.6 is 0 Å². The van der Waals surface area contributed by atoms with E-state index in [1.807, 2.05) is 79.7 Å². The Hall–Kier alpha value is -3.71. The monoisotopic (exact) mass is 429 g/mol. The molecule has 0 atom stereocenters. The molecule has 1 aromatic heterocycles. The summed E-state index contributed by atoms with van der Waals surface area (Å²) in [5.74, 6) is 0.559. The summed E-state index contributed by atoms with van der Waals surface area (Å²) in [6.07, 6.45) is 1.79. The molecule has 0 radical (unpaired) electrons. The number of anilines is 2. The first-order valence-electron chi connectivity index (χ1n) is 10.7. The second-order valence-corrected chi connectivity index (χ2v) is 7.98. The predicted molar refractivity (Wildman–Crippen MR) is 127 cm³/mol. The van der Waals surface area contributed by atoms with Crippen LogP contribution < -0.4 is 15.5 Å². The molecule has 0 spiro atoms. The largest absolute Gasteiger partial charge is 0.367 e. The van der Waals surface area contributed by atoms with E-state index in [4.69, 9.17) is 0 Å². The van der Waals surface area contributed by atoms with Crippen LogP contribution in [0.2, 0.25) is 0 Å². The van der Waals surface area contributed by atoms with Crippen molar-refractivity contribution in [2.45, 2.75) is 0 Å². The van der Waals surface area contributed by atoms with Gasteiger partial charge in [-0.1, -0.05) is 30.3 Å². The molecule has 2 aromatic carbocycles.